The van der Waals surface area contributed by atoms with Crippen LogP contribution in [0.2, 0.25) is 5.02 Å². The summed E-state index contributed by atoms with van der Waals surface area (Å²) >= 11 is 9.32. The Kier molecular flexibility index (Phi) is 3.62. The van der Waals surface area contributed by atoms with Crippen LogP contribution in [0.3, 0.4) is 0 Å². The zero-order chi connectivity index (χ0) is 12.3. The molecule has 17 heavy (non-hydrogen) atoms. The van der Waals surface area contributed by atoms with Crippen molar-refractivity contribution < 1.29 is 4.74 Å². The van der Waals surface area contributed by atoms with Crippen molar-refractivity contribution >= 4 is 27.5 Å². The van der Waals surface area contributed by atoms with E-state index >= 15 is 0 Å². The molecule has 0 atom stereocenters. The van der Waals surface area contributed by atoms with Crippen molar-refractivity contribution in [3.8, 4) is 17.6 Å². The fourth-order valence-corrected chi connectivity index (χ4v) is 1.95. The molecule has 0 fully saturated rings. The van der Waals surface area contributed by atoms with Crippen molar-refractivity contribution in [3.63, 3.8) is 0 Å². The maximum Gasteiger partial charge on any atom is 0.183 e. The van der Waals surface area contributed by atoms with Gasteiger partial charge in [-0.05, 0) is 30.3 Å². The van der Waals surface area contributed by atoms with Gasteiger partial charge in [-0.2, -0.15) is 5.26 Å². The molecule has 0 amide bonds. The van der Waals surface area contributed by atoms with Gasteiger partial charge in [0, 0.05) is 10.7 Å². The lowest BCUT2D eigenvalue weighted by Gasteiger charge is -2.08. The summed E-state index contributed by atoms with van der Waals surface area (Å²) in [5.74, 6) is 0.874. The summed E-state index contributed by atoms with van der Waals surface area (Å²) in [6.45, 7) is 0. The first-order chi connectivity index (χ1) is 8.20. The molecule has 84 valence electrons. The van der Waals surface area contributed by atoms with Crippen LogP contribution < -0.4 is 4.74 Å². The summed E-state index contributed by atoms with van der Waals surface area (Å²) in [7, 11) is 0. The largest absolute Gasteiger partial charge is 0.453 e. The third-order valence-corrected chi connectivity index (χ3v) is 2.78. The summed E-state index contributed by atoms with van der Waals surface area (Å²) < 4.78 is 6.41. The Morgan fingerprint density at radius 3 is 2.82 bits per heavy atom. The molecule has 1 aromatic carbocycles. The van der Waals surface area contributed by atoms with E-state index in [9.17, 15) is 0 Å². The first-order valence-corrected chi connectivity index (χ1v) is 5.86. The summed E-state index contributed by atoms with van der Waals surface area (Å²) in [6.07, 6.45) is 1.54. The fraction of sp³-hybridized carbons (Fsp3) is 0. The standard InChI is InChI=1S/C12H6BrClN2O/c13-8-3-4-11(9(14)6-8)17-12-2-1-5-16-10(12)7-15/h1-6H. The molecule has 1 aromatic heterocycles. The summed E-state index contributed by atoms with van der Waals surface area (Å²) in [6, 6.07) is 10.6. The molecule has 0 bridgehead atoms. The second-order valence-electron chi connectivity index (χ2n) is 3.14. The van der Waals surface area contributed by atoms with E-state index in [4.69, 9.17) is 21.6 Å². The van der Waals surface area contributed by atoms with Crippen LogP contribution >= 0.6 is 27.5 Å². The highest BCUT2D eigenvalue weighted by Gasteiger charge is 2.08. The van der Waals surface area contributed by atoms with Gasteiger partial charge in [0.15, 0.2) is 11.4 Å². The van der Waals surface area contributed by atoms with Crippen molar-refractivity contribution in [1.82, 2.24) is 4.98 Å². The topological polar surface area (TPSA) is 45.9 Å². The van der Waals surface area contributed by atoms with Crippen LogP contribution in [0.1, 0.15) is 5.69 Å². The average Bonchev–Trinajstić information content (AvgIpc) is 2.33. The van der Waals surface area contributed by atoms with Crippen molar-refractivity contribution in [2.24, 2.45) is 0 Å². The molecule has 5 heteroatoms. The molecule has 3 nitrogen and oxygen atoms in total. The van der Waals surface area contributed by atoms with Gasteiger partial charge in [-0.15, -0.1) is 0 Å². The third kappa shape index (κ3) is 2.76. The zero-order valence-corrected chi connectivity index (χ0v) is 10.9. The number of ether oxygens (including phenoxy) is 1. The van der Waals surface area contributed by atoms with Gasteiger partial charge >= 0.3 is 0 Å². The number of halogens is 2. The van der Waals surface area contributed by atoms with E-state index in [1.165, 1.54) is 6.20 Å². The van der Waals surface area contributed by atoms with Gasteiger partial charge in [-0.1, -0.05) is 27.5 Å². The van der Waals surface area contributed by atoms with E-state index in [2.05, 4.69) is 20.9 Å². The van der Waals surface area contributed by atoms with Crippen LogP contribution in [0.15, 0.2) is 41.0 Å². The smallest absolute Gasteiger partial charge is 0.183 e. The molecule has 0 spiro atoms. The number of benzene rings is 1. The van der Waals surface area contributed by atoms with E-state index in [1.807, 2.05) is 12.1 Å². The van der Waals surface area contributed by atoms with Crippen molar-refractivity contribution in [1.29, 1.82) is 5.26 Å². The number of aromatic nitrogens is 1. The normalized spacial score (nSPS) is 9.71. The summed E-state index contributed by atoms with van der Waals surface area (Å²) in [5, 5.41) is 9.34. The van der Waals surface area contributed by atoms with E-state index in [1.54, 1.807) is 24.3 Å². The molecule has 2 rings (SSSR count). The lowest BCUT2D eigenvalue weighted by atomic mass is 10.3. The predicted octanol–water partition coefficient (Wildman–Crippen LogP) is 4.16. The van der Waals surface area contributed by atoms with Gasteiger partial charge in [-0.3, -0.25) is 0 Å². The monoisotopic (exact) mass is 308 g/mol. The van der Waals surface area contributed by atoms with Crippen LogP contribution in [0.5, 0.6) is 11.5 Å². The second kappa shape index (κ2) is 5.17. The summed E-state index contributed by atoms with van der Waals surface area (Å²) in [4.78, 5) is 3.90. The van der Waals surface area contributed by atoms with Gasteiger partial charge in [0.25, 0.3) is 0 Å². The number of pyridine rings is 1. The van der Waals surface area contributed by atoms with Crippen LogP contribution in [-0.2, 0) is 0 Å². The van der Waals surface area contributed by atoms with Crippen LogP contribution in [0, 0.1) is 11.3 Å². The lowest BCUT2D eigenvalue weighted by molar-refractivity contribution is 0.478. The van der Waals surface area contributed by atoms with Crippen LogP contribution in [0.4, 0.5) is 0 Å². The van der Waals surface area contributed by atoms with Crippen LogP contribution in [-0.4, -0.2) is 4.98 Å². The quantitative estimate of drug-likeness (QED) is 0.836. The average molecular weight is 310 g/mol. The Labute approximate surface area is 112 Å². The molecule has 0 aliphatic heterocycles. The second-order valence-corrected chi connectivity index (χ2v) is 4.46. The van der Waals surface area contributed by atoms with Gasteiger partial charge < -0.3 is 4.74 Å². The molecule has 0 saturated heterocycles. The lowest BCUT2D eigenvalue weighted by Crippen LogP contribution is -1.91. The van der Waals surface area contributed by atoms with E-state index in [-0.39, 0.29) is 5.69 Å². The minimum atomic E-state index is 0.228. The number of rotatable bonds is 2. The van der Waals surface area contributed by atoms with Crippen LogP contribution in [0.25, 0.3) is 0 Å². The number of hydrogen-bond donors (Lipinski definition) is 0. The number of nitriles is 1. The predicted molar refractivity (Wildman–Crippen MR) is 68.2 cm³/mol. The minimum Gasteiger partial charge on any atom is -0.453 e. The molecule has 0 saturated carbocycles. The molecule has 0 N–H and O–H groups in total. The Morgan fingerprint density at radius 1 is 1.29 bits per heavy atom. The SMILES string of the molecule is N#Cc1ncccc1Oc1ccc(Br)cc1Cl. The molecule has 1 heterocycles. The van der Waals surface area contributed by atoms with E-state index in [0.717, 1.165) is 4.47 Å². The first-order valence-electron chi connectivity index (χ1n) is 4.69. The zero-order valence-electron chi connectivity index (χ0n) is 8.52. The maximum atomic E-state index is 8.88. The fourth-order valence-electron chi connectivity index (χ4n) is 1.23. The van der Waals surface area contributed by atoms with Gasteiger partial charge in [0.1, 0.15) is 11.8 Å². The highest BCUT2D eigenvalue weighted by atomic mass is 79.9. The molecular formula is C12H6BrClN2O. The molecule has 0 unspecified atom stereocenters. The molecule has 0 radical (unpaired) electrons. The van der Waals surface area contributed by atoms with E-state index < -0.39 is 0 Å². The van der Waals surface area contributed by atoms with Gasteiger partial charge in [0.2, 0.25) is 0 Å². The molecular weight excluding hydrogens is 304 g/mol. The number of hydrogen-bond acceptors (Lipinski definition) is 3. The Hall–Kier alpha value is -1.57. The van der Waals surface area contributed by atoms with E-state index in [0.29, 0.717) is 16.5 Å². The first kappa shape index (κ1) is 11.9. The molecule has 0 aliphatic rings. The Balaban J connectivity index is 2.35. The summed E-state index contributed by atoms with van der Waals surface area (Å²) in [5.41, 5.74) is 0.228. The Bertz CT molecular complexity index is 595. The van der Waals surface area contributed by atoms with Gasteiger partial charge in [0.05, 0.1) is 5.02 Å². The number of nitrogens with zero attached hydrogens (tertiary/aromatic N) is 2. The Morgan fingerprint density at radius 2 is 2.12 bits per heavy atom. The minimum absolute atomic E-state index is 0.228. The highest BCUT2D eigenvalue weighted by molar-refractivity contribution is 9.10. The maximum absolute atomic E-state index is 8.88. The molecule has 2 aromatic rings. The highest BCUT2D eigenvalue weighted by Crippen LogP contribution is 2.32. The van der Waals surface area contributed by atoms with Crippen molar-refractivity contribution in [2.45, 2.75) is 0 Å². The van der Waals surface area contributed by atoms with Gasteiger partial charge in [-0.25, -0.2) is 4.98 Å². The van der Waals surface area contributed by atoms with Crippen molar-refractivity contribution in [3.05, 3.63) is 51.7 Å². The van der Waals surface area contributed by atoms with Crippen molar-refractivity contribution in [2.75, 3.05) is 0 Å². The third-order valence-electron chi connectivity index (χ3n) is 1.99. The molecule has 0 aliphatic carbocycles.